The molecule has 1 unspecified atom stereocenters. The van der Waals surface area contributed by atoms with E-state index in [1.54, 1.807) is 7.11 Å². The number of hydrogen-bond donors (Lipinski definition) is 0. The minimum absolute atomic E-state index is 0.0575. The Morgan fingerprint density at radius 3 is 2.21 bits per heavy atom. The Morgan fingerprint density at radius 1 is 1.21 bits per heavy atom. The summed E-state index contributed by atoms with van der Waals surface area (Å²) in [6.45, 7) is 8.12. The van der Waals surface area contributed by atoms with E-state index in [2.05, 4.69) is 30.9 Å². The van der Waals surface area contributed by atoms with Crippen molar-refractivity contribution in [1.29, 1.82) is 5.26 Å². The largest absolute Gasteiger partial charge is 0.496 e. The van der Waals surface area contributed by atoms with E-state index in [-0.39, 0.29) is 6.04 Å². The summed E-state index contributed by atoms with van der Waals surface area (Å²) < 4.78 is 5.35. The first-order valence-electron chi connectivity index (χ1n) is 6.48. The lowest BCUT2D eigenvalue weighted by Gasteiger charge is -2.35. The van der Waals surface area contributed by atoms with Gasteiger partial charge in [0.1, 0.15) is 5.75 Å². The van der Waals surface area contributed by atoms with Crippen LogP contribution in [0.3, 0.4) is 0 Å². The van der Waals surface area contributed by atoms with Gasteiger partial charge in [-0.15, -0.1) is 0 Å². The summed E-state index contributed by atoms with van der Waals surface area (Å²) in [6, 6.07) is 6.54. The summed E-state index contributed by atoms with van der Waals surface area (Å²) in [5.74, 6) is 0.897. The Balaban J connectivity index is 3.42. The van der Waals surface area contributed by atoms with Crippen molar-refractivity contribution in [2.45, 2.75) is 33.7 Å². The lowest BCUT2D eigenvalue weighted by atomic mass is 9.79. The van der Waals surface area contributed by atoms with Crippen molar-refractivity contribution in [1.82, 2.24) is 4.90 Å². The molecule has 0 spiro atoms. The molecular weight excluding hydrogens is 236 g/mol. The van der Waals surface area contributed by atoms with Crippen molar-refractivity contribution in [2.75, 3.05) is 21.2 Å². The highest BCUT2D eigenvalue weighted by Gasteiger charge is 2.34. The number of rotatable bonds is 4. The molecule has 3 nitrogen and oxygen atoms in total. The van der Waals surface area contributed by atoms with E-state index in [0.717, 1.165) is 11.3 Å². The van der Waals surface area contributed by atoms with Gasteiger partial charge in [0.2, 0.25) is 0 Å². The van der Waals surface area contributed by atoms with E-state index < -0.39 is 5.41 Å². The van der Waals surface area contributed by atoms with Crippen LogP contribution in [0.2, 0.25) is 0 Å². The Kier molecular flexibility index (Phi) is 4.60. The molecule has 0 aliphatic rings. The van der Waals surface area contributed by atoms with Gasteiger partial charge < -0.3 is 9.64 Å². The molecule has 0 aliphatic heterocycles. The van der Waals surface area contributed by atoms with Crippen LogP contribution >= 0.6 is 0 Å². The standard InChI is InChI=1S/C16H24N2O/c1-11-12(2)14(19-7)9-8-13(11)15(18(5)6)16(3,4)10-17/h8-9,15H,1-7H3. The summed E-state index contributed by atoms with van der Waals surface area (Å²) >= 11 is 0. The van der Waals surface area contributed by atoms with Gasteiger partial charge in [0.25, 0.3) is 0 Å². The van der Waals surface area contributed by atoms with Gasteiger partial charge in [-0.1, -0.05) is 6.07 Å². The van der Waals surface area contributed by atoms with Gasteiger partial charge in [-0.05, 0) is 64.5 Å². The maximum atomic E-state index is 9.43. The van der Waals surface area contributed by atoms with Crippen molar-refractivity contribution in [2.24, 2.45) is 5.41 Å². The number of benzene rings is 1. The second-order valence-electron chi connectivity index (χ2n) is 5.81. The number of nitrogens with zero attached hydrogens (tertiary/aromatic N) is 2. The predicted molar refractivity (Wildman–Crippen MR) is 78.3 cm³/mol. The highest BCUT2D eigenvalue weighted by Crippen LogP contribution is 2.40. The van der Waals surface area contributed by atoms with Gasteiger partial charge >= 0.3 is 0 Å². The smallest absolute Gasteiger partial charge is 0.122 e. The lowest BCUT2D eigenvalue weighted by Crippen LogP contribution is -2.33. The van der Waals surface area contributed by atoms with E-state index in [1.165, 1.54) is 11.1 Å². The van der Waals surface area contributed by atoms with Crippen molar-refractivity contribution in [3.05, 3.63) is 28.8 Å². The predicted octanol–water partition coefficient (Wildman–Crippen LogP) is 3.46. The maximum Gasteiger partial charge on any atom is 0.122 e. The van der Waals surface area contributed by atoms with Crippen LogP contribution in [0.15, 0.2) is 12.1 Å². The van der Waals surface area contributed by atoms with E-state index in [9.17, 15) is 5.26 Å². The van der Waals surface area contributed by atoms with Crippen molar-refractivity contribution < 1.29 is 4.74 Å². The third-order valence-electron chi connectivity index (χ3n) is 3.78. The Morgan fingerprint density at radius 2 is 1.79 bits per heavy atom. The molecule has 0 aromatic heterocycles. The quantitative estimate of drug-likeness (QED) is 0.831. The zero-order valence-electron chi connectivity index (χ0n) is 13.0. The molecule has 0 bridgehead atoms. The number of ether oxygens (including phenoxy) is 1. The molecule has 3 heteroatoms. The average Bonchev–Trinajstić information content (AvgIpc) is 2.34. The normalized spacial score (nSPS) is 13.2. The number of hydrogen-bond acceptors (Lipinski definition) is 3. The van der Waals surface area contributed by atoms with Crippen LogP contribution in [-0.4, -0.2) is 26.1 Å². The number of nitriles is 1. The fraction of sp³-hybridized carbons (Fsp3) is 0.562. The molecule has 1 aromatic rings. The van der Waals surface area contributed by atoms with Gasteiger partial charge in [-0.2, -0.15) is 5.26 Å². The molecule has 1 rings (SSSR count). The third-order valence-corrected chi connectivity index (χ3v) is 3.78. The van der Waals surface area contributed by atoms with Gasteiger partial charge in [0, 0.05) is 0 Å². The topological polar surface area (TPSA) is 36.3 Å². The molecular formula is C16H24N2O. The van der Waals surface area contributed by atoms with Crippen molar-refractivity contribution in [3.8, 4) is 11.8 Å². The zero-order chi connectivity index (χ0) is 14.8. The molecule has 1 aromatic carbocycles. The molecule has 0 fully saturated rings. The molecule has 19 heavy (non-hydrogen) atoms. The van der Waals surface area contributed by atoms with Crippen LogP contribution < -0.4 is 4.74 Å². The number of methoxy groups -OCH3 is 1. The molecule has 0 aliphatic carbocycles. The second-order valence-corrected chi connectivity index (χ2v) is 5.81. The van der Waals surface area contributed by atoms with Gasteiger partial charge in [0.05, 0.1) is 24.6 Å². The SMILES string of the molecule is COc1ccc(C(N(C)C)C(C)(C)C#N)c(C)c1C. The Bertz CT molecular complexity index is 498. The second kappa shape index (κ2) is 5.63. The van der Waals surface area contributed by atoms with E-state index in [0.29, 0.717) is 0 Å². The van der Waals surface area contributed by atoms with E-state index in [4.69, 9.17) is 4.74 Å². The fourth-order valence-electron chi connectivity index (χ4n) is 2.71. The van der Waals surface area contributed by atoms with Crippen LogP contribution in [0, 0.1) is 30.6 Å². The molecule has 0 heterocycles. The van der Waals surface area contributed by atoms with Crippen molar-refractivity contribution >= 4 is 0 Å². The first-order chi connectivity index (χ1) is 8.76. The highest BCUT2D eigenvalue weighted by molar-refractivity contribution is 5.45. The minimum Gasteiger partial charge on any atom is -0.496 e. The summed E-state index contributed by atoms with van der Waals surface area (Å²) in [5, 5.41) is 9.43. The highest BCUT2D eigenvalue weighted by atomic mass is 16.5. The summed E-state index contributed by atoms with van der Waals surface area (Å²) in [5.41, 5.74) is 3.08. The summed E-state index contributed by atoms with van der Waals surface area (Å²) in [6.07, 6.45) is 0. The van der Waals surface area contributed by atoms with E-state index >= 15 is 0 Å². The lowest BCUT2D eigenvalue weighted by molar-refractivity contribution is 0.184. The van der Waals surface area contributed by atoms with Crippen LogP contribution in [0.25, 0.3) is 0 Å². The fourth-order valence-corrected chi connectivity index (χ4v) is 2.71. The summed E-state index contributed by atoms with van der Waals surface area (Å²) in [7, 11) is 5.72. The van der Waals surface area contributed by atoms with Gasteiger partial charge in [-0.25, -0.2) is 0 Å². The molecule has 0 saturated carbocycles. The van der Waals surface area contributed by atoms with E-state index in [1.807, 2.05) is 34.0 Å². The monoisotopic (exact) mass is 260 g/mol. The first kappa shape index (κ1) is 15.5. The van der Waals surface area contributed by atoms with Crippen LogP contribution in [-0.2, 0) is 0 Å². The minimum atomic E-state index is -0.449. The molecule has 104 valence electrons. The third kappa shape index (κ3) is 2.90. The molecule has 0 N–H and O–H groups in total. The first-order valence-corrected chi connectivity index (χ1v) is 6.48. The zero-order valence-corrected chi connectivity index (χ0v) is 13.0. The maximum absolute atomic E-state index is 9.43. The average molecular weight is 260 g/mol. The molecule has 0 radical (unpaired) electrons. The van der Waals surface area contributed by atoms with Crippen molar-refractivity contribution in [3.63, 3.8) is 0 Å². The molecule has 0 amide bonds. The Hall–Kier alpha value is -1.53. The van der Waals surface area contributed by atoms with Crippen LogP contribution in [0.4, 0.5) is 0 Å². The molecule has 0 saturated heterocycles. The van der Waals surface area contributed by atoms with Gasteiger partial charge in [0.15, 0.2) is 0 Å². The van der Waals surface area contributed by atoms with Crippen LogP contribution in [0.1, 0.15) is 36.6 Å². The Labute approximate surface area is 116 Å². The van der Waals surface area contributed by atoms with Gasteiger partial charge in [-0.3, -0.25) is 0 Å². The summed E-state index contributed by atoms with van der Waals surface area (Å²) in [4.78, 5) is 2.11. The van der Waals surface area contributed by atoms with Crippen LogP contribution in [0.5, 0.6) is 5.75 Å². The molecule has 1 atom stereocenters.